The first-order valence-corrected chi connectivity index (χ1v) is 7.76. The second kappa shape index (κ2) is 10.5. The number of carbonyl (C=O) groups is 4. The topological polar surface area (TPSA) is 144 Å². The lowest BCUT2D eigenvalue weighted by Gasteiger charge is -2.26. The van der Waals surface area contributed by atoms with Gasteiger partial charge in [0.2, 0.25) is 6.29 Å². The molecule has 11 heteroatoms. The predicted octanol–water partition coefficient (Wildman–Crippen LogP) is -0.364. The molecule has 2 unspecified atom stereocenters. The number of nitrogens with one attached hydrogen (secondary N) is 2. The first-order valence-electron chi connectivity index (χ1n) is 7.76. The third kappa shape index (κ3) is 6.93. The molecule has 0 spiro atoms. The number of ether oxygens (including phenoxy) is 2. The molecular weight excluding hydrogens is 338 g/mol. The quantitative estimate of drug-likeness (QED) is 0.287. The number of methoxy groups -OCH3 is 2. The normalized spacial score (nSPS) is 16.4. The first-order chi connectivity index (χ1) is 11.9. The van der Waals surface area contributed by atoms with Gasteiger partial charge in [-0.2, -0.15) is 5.06 Å². The van der Waals surface area contributed by atoms with Crippen LogP contribution in [0.4, 0.5) is 9.59 Å². The van der Waals surface area contributed by atoms with E-state index in [4.69, 9.17) is 4.84 Å². The number of amides is 4. The van der Waals surface area contributed by atoms with Gasteiger partial charge in [0, 0.05) is 19.4 Å². The Hall–Kier alpha value is -2.40. The van der Waals surface area contributed by atoms with Crippen LogP contribution in [-0.4, -0.2) is 67.3 Å². The maximum atomic E-state index is 11.5. The summed E-state index contributed by atoms with van der Waals surface area (Å²) in [6.07, 6.45) is -1.63. The minimum atomic E-state index is -1.61. The van der Waals surface area contributed by atoms with Gasteiger partial charge in [0.25, 0.3) is 11.8 Å². The van der Waals surface area contributed by atoms with Crippen molar-refractivity contribution in [1.82, 2.24) is 15.7 Å². The summed E-state index contributed by atoms with van der Waals surface area (Å²) in [6, 6.07) is -0.910. The molecule has 0 bridgehead atoms. The van der Waals surface area contributed by atoms with Gasteiger partial charge >= 0.3 is 12.2 Å². The molecule has 0 saturated carbocycles. The smallest absolute Gasteiger partial charge is 0.407 e. The van der Waals surface area contributed by atoms with Crippen LogP contribution in [-0.2, 0) is 23.9 Å². The van der Waals surface area contributed by atoms with Crippen LogP contribution in [0.2, 0.25) is 0 Å². The third-order valence-electron chi connectivity index (χ3n) is 3.45. The number of aliphatic hydroxyl groups is 1. The monoisotopic (exact) mass is 361 g/mol. The van der Waals surface area contributed by atoms with Crippen molar-refractivity contribution in [3.05, 3.63) is 0 Å². The number of rotatable bonds is 9. The summed E-state index contributed by atoms with van der Waals surface area (Å²) in [5.74, 6) is -1.11. The first kappa shape index (κ1) is 20.6. The third-order valence-corrected chi connectivity index (χ3v) is 3.45. The molecule has 0 aromatic carbocycles. The fraction of sp³-hybridized carbons (Fsp3) is 0.714. The molecule has 0 radical (unpaired) electrons. The number of hydrogen-bond acceptors (Lipinski definition) is 8. The number of hydrogen-bond donors (Lipinski definition) is 3. The molecule has 1 fully saturated rings. The Morgan fingerprint density at radius 1 is 1.12 bits per heavy atom. The summed E-state index contributed by atoms with van der Waals surface area (Å²) in [4.78, 5) is 50.3. The van der Waals surface area contributed by atoms with Crippen LogP contribution in [0.3, 0.4) is 0 Å². The Kier molecular flexibility index (Phi) is 8.64. The van der Waals surface area contributed by atoms with E-state index in [1.54, 1.807) is 0 Å². The van der Waals surface area contributed by atoms with Crippen LogP contribution in [0.5, 0.6) is 0 Å². The highest BCUT2D eigenvalue weighted by Gasteiger charge is 2.34. The molecule has 2 atom stereocenters. The van der Waals surface area contributed by atoms with Crippen LogP contribution in [0.1, 0.15) is 32.1 Å². The molecule has 0 aromatic heterocycles. The van der Waals surface area contributed by atoms with E-state index in [0.717, 1.165) is 7.11 Å². The standard InChI is InChI=1S/C14H23N3O8/c1-23-13(21)15-8-4-3-5-9(16-14(22)24-2)12(20)25-17-10(18)6-7-11(17)19/h9,12,20H,3-8H2,1-2H3,(H,15,21)(H,16,22). The van der Waals surface area contributed by atoms with Crippen molar-refractivity contribution in [2.24, 2.45) is 0 Å². The second-order valence-electron chi connectivity index (χ2n) is 5.23. The van der Waals surface area contributed by atoms with Crippen molar-refractivity contribution in [3.63, 3.8) is 0 Å². The fourth-order valence-corrected chi connectivity index (χ4v) is 2.10. The van der Waals surface area contributed by atoms with E-state index >= 15 is 0 Å². The highest BCUT2D eigenvalue weighted by atomic mass is 16.8. The summed E-state index contributed by atoms with van der Waals surface area (Å²) in [5, 5.41) is 15.5. The minimum absolute atomic E-state index is 0.0137. The number of hydroxylamine groups is 2. The highest BCUT2D eigenvalue weighted by Crippen LogP contribution is 2.16. The molecule has 1 heterocycles. The van der Waals surface area contributed by atoms with E-state index in [1.807, 2.05) is 0 Å². The number of alkyl carbamates (subject to hydrolysis) is 2. The number of imide groups is 1. The van der Waals surface area contributed by atoms with E-state index in [2.05, 4.69) is 20.1 Å². The summed E-state index contributed by atoms with van der Waals surface area (Å²) in [5.41, 5.74) is 0. The van der Waals surface area contributed by atoms with Gasteiger partial charge in [0.05, 0.1) is 20.3 Å². The van der Waals surface area contributed by atoms with Crippen LogP contribution in [0.25, 0.3) is 0 Å². The zero-order valence-electron chi connectivity index (χ0n) is 14.1. The number of unbranched alkanes of at least 4 members (excludes halogenated alkanes) is 1. The molecule has 142 valence electrons. The maximum absolute atomic E-state index is 11.5. The molecule has 1 rings (SSSR count). The molecule has 1 saturated heterocycles. The van der Waals surface area contributed by atoms with Gasteiger partial charge in [-0.25, -0.2) is 14.4 Å². The summed E-state index contributed by atoms with van der Waals surface area (Å²) in [7, 11) is 2.41. The zero-order chi connectivity index (χ0) is 18.8. The van der Waals surface area contributed by atoms with Gasteiger partial charge in [-0.15, -0.1) is 0 Å². The molecule has 11 nitrogen and oxygen atoms in total. The van der Waals surface area contributed by atoms with Crippen LogP contribution < -0.4 is 10.6 Å². The second-order valence-corrected chi connectivity index (χ2v) is 5.23. The van der Waals surface area contributed by atoms with E-state index in [-0.39, 0.29) is 19.3 Å². The number of aliphatic hydroxyl groups excluding tert-OH is 1. The van der Waals surface area contributed by atoms with E-state index in [0.29, 0.717) is 24.4 Å². The van der Waals surface area contributed by atoms with Gasteiger partial charge in [0.1, 0.15) is 0 Å². The average molecular weight is 361 g/mol. The Morgan fingerprint density at radius 3 is 2.28 bits per heavy atom. The van der Waals surface area contributed by atoms with Crippen LogP contribution >= 0.6 is 0 Å². The fourth-order valence-electron chi connectivity index (χ4n) is 2.10. The van der Waals surface area contributed by atoms with Gasteiger partial charge in [-0.05, 0) is 19.3 Å². The summed E-state index contributed by atoms with van der Waals surface area (Å²) in [6.45, 7) is 0.345. The van der Waals surface area contributed by atoms with Gasteiger partial charge in [0.15, 0.2) is 0 Å². The molecule has 3 N–H and O–H groups in total. The molecule has 4 amide bonds. The maximum Gasteiger partial charge on any atom is 0.407 e. The number of nitrogens with zero attached hydrogens (tertiary/aromatic N) is 1. The van der Waals surface area contributed by atoms with Crippen molar-refractivity contribution in [1.29, 1.82) is 0 Å². The van der Waals surface area contributed by atoms with E-state index in [1.165, 1.54) is 7.11 Å². The molecule has 0 aromatic rings. The van der Waals surface area contributed by atoms with Crippen LogP contribution in [0, 0.1) is 0 Å². The Morgan fingerprint density at radius 2 is 1.72 bits per heavy atom. The molecule has 0 aliphatic carbocycles. The Labute approximate surface area is 144 Å². The number of carbonyl (C=O) groups excluding carboxylic acids is 4. The lowest BCUT2D eigenvalue weighted by Crippen LogP contribution is -2.48. The van der Waals surface area contributed by atoms with Gasteiger partial charge < -0.3 is 25.2 Å². The summed E-state index contributed by atoms with van der Waals surface area (Å²) >= 11 is 0. The van der Waals surface area contributed by atoms with Crippen molar-refractivity contribution < 1.29 is 38.6 Å². The van der Waals surface area contributed by atoms with Crippen LogP contribution in [0.15, 0.2) is 0 Å². The zero-order valence-corrected chi connectivity index (χ0v) is 14.1. The van der Waals surface area contributed by atoms with Crippen molar-refractivity contribution >= 4 is 24.0 Å². The Bertz CT molecular complexity index is 482. The predicted molar refractivity (Wildman–Crippen MR) is 81.8 cm³/mol. The molecule has 25 heavy (non-hydrogen) atoms. The van der Waals surface area contributed by atoms with E-state index in [9.17, 15) is 24.3 Å². The highest BCUT2D eigenvalue weighted by molar-refractivity contribution is 6.00. The molecule has 1 aliphatic heterocycles. The molecule has 1 aliphatic rings. The van der Waals surface area contributed by atoms with Gasteiger partial charge in [-0.1, -0.05) is 0 Å². The summed E-state index contributed by atoms with van der Waals surface area (Å²) < 4.78 is 8.90. The van der Waals surface area contributed by atoms with Gasteiger partial charge in [-0.3, -0.25) is 9.59 Å². The largest absolute Gasteiger partial charge is 0.453 e. The van der Waals surface area contributed by atoms with E-state index < -0.39 is 36.3 Å². The van der Waals surface area contributed by atoms with Crippen molar-refractivity contribution in [2.45, 2.75) is 44.4 Å². The SMILES string of the molecule is COC(=O)NCCCCC(NC(=O)OC)C(O)ON1C(=O)CCC1=O. The van der Waals surface area contributed by atoms with Crippen molar-refractivity contribution in [2.75, 3.05) is 20.8 Å². The van der Waals surface area contributed by atoms with Crippen molar-refractivity contribution in [3.8, 4) is 0 Å². The lowest BCUT2D eigenvalue weighted by molar-refractivity contribution is -0.251. The Balaban J connectivity index is 2.50. The average Bonchev–Trinajstić information content (AvgIpc) is 2.91. The molecular formula is C14H23N3O8. The minimum Gasteiger partial charge on any atom is -0.453 e. The lowest BCUT2D eigenvalue weighted by atomic mass is 10.1.